The van der Waals surface area contributed by atoms with Crippen LogP contribution in [0.4, 0.5) is 0 Å². The van der Waals surface area contributed by atoms with Crippen LogP contribution in [0.3, 0.4) is 0 Å². The fourth-order valence-electron chi connectivity index (χ4n) is 0.581. The lowest BCUT2D eigenvalue weighted by Crippen LogP contribution is -1.91. The monoisotopic (exact) mass is 172 g/mol. The molecule has 1 aromatic carbocycles. The summed E-state index contributed by atoms with van der Waals surface area (Å²) in [6.07, 6.45) is 0. The largest absolute Gasteiger partial charge is 0.343 e. The van der Waals surface area contributed by atoms with Gasteiger partial charge in [-0.15, -0.1) is 0 Å². The van der Waals surface area contributed by atoms with Gasteiger partial charge in [-0.05, 0) is 12.1 Å². The molecule has 62 valence electrons. The average molecular weight is 172 g/mol. The molecule has 1 unspecified atom stereocenters. The van der Waals surface area contributed by atoms with Crippen LogP contribution in [0, 0.1) is 0 Å². The maximum atomic E-state index is 10.4. The van der Waals surface area contributed by atoms with Crippen molar-refractivity contribution < 1.29 is 9.46 Å². The predicted molar refractivity (Wildman–Crippen MR) is 48.6 cm³/mol. The summed E-state index contributed by atoms with van der Waals surface area (Å²) >= 11 is 0. The summed E-state index contributed by atoms with van der Waals surface area (Å²) in [6.45, 7) is 4.00. The van der Waals surface area contributed by atoms with Gasteiger partial charge in [-0.25, -0.2) is 0 Å². The molecule has 0 amide bonds. The third-order valence-corrected chi connectivity index (χ3v) is 1.85. The molecule has 3 heteroatoms. The third-order valence-electron chi connectivity index (χ3n) is 1.02. The van der Waals surface area contributed by atoms with E-state index in [1.807, 2.05) is 19.9 Å². The summed E-state index contributed by atoms with van der Waals surface area (Å²) in [5.74, 6) is 0. The molecule has 1 N–H and O–H groups in total. The van der Waals surface area contributed by atoms with Crippen LogP contribution in [0.2, 0.25) is 0 Å². The van der Waals surface area contributed by atoms with Crippen molar-refractivity contribution in [3.8, 4) is 0 Å². The van der Waals surface area contributed by atoms with Gasteiger partial charge in [0, 0.05) is 5.30 Å². The first-order valence-corrected chi connectivity index (χ1v) is 4.94. The van der Waals surface area contributed by atoms with Crippen molar-refractivity contribution in [2.45, 2.75) is 13.8 Å². The van der Waals surface area contributed by atoms with E-state index < -0.39 is 8.03 Å². The summed E-state index contributed by atoms with van der Waals surface area (Å²) < 4.78 is 10.4. The zero-order valence-corrected chi connectivity index (χ0v) is 7.74. The lowest BCUT2D eigenvalue weighted by atomic mass is 10.4. The maximum absolute atomic E-state index is 10.4. The molecule has 0 saturated carbocycles. The van der Waals surface area contributed by atoms with E-state index in [0.717, 1.165) is 0 Å². The molecule has 0 radical (unpaired) electrons. The van der Waals surface area contributed by atoms with Crippen molar-refractivity contribution in [1.82, 2.24) is 0 Å². The van der Waals surface area contributed by atoms with Crippen molar-refractivity contribution in [2.24, 2.45) is 0 Å². The Bertz CT molecular complexity index is 209. The molecule has 0 aliphatic heterocycles. The highest BCUT2D eigenvalue weighted by molar-refractivity contribution is 7.47. The average Bonchev–Trinajstić information content (AvgIpc) is 2.10. The van der Waals surface area contributed by atoms with Gasteiger partial charge in [-0.2, -0.15) is 0 Å². The van der Waals surface area contributed by atoms with Crippen LogP contribution in [0.25, 0.3) is 0 Å². The Morgan fingerprint density at radius 1 is 1.18 bits per heavy atom. The molecular formula is C8H13O2P. The van der Waals surface area contributed by atoms with Crippen molar-refractivity contribution >= 4 is 13.3 Å². The molecule has 11 heavy (non-hydrogen) atoms. The van der Waals surface area contributed by atoms with Crippen molar-refractivity contribution in [3.05, 3.63) is 30.3 Å². The Balaban J connectivity index is 0.000000461. The molecule has 0 aliphatic carbocycles. The van der Waals surface area contributed by atoms with E-state index in [2.05, 4.69) is 0 Å². The molecule has 0 bridgehead atoms. The number of hydrogen-bond donors (Lipinski definition) is 1. The smallest absolute Gasteiger partial charge is 0.218 e. The van der Waals surface area contributed by atoms with Crippen molar-refractivity contribution in [2.75, 3.05) is 0 Å². The summed E-state index contributed by atoms with van der Waals surface area (Å²) in [7, 11) is -2.46. The second kappa shape index (κ2) is 6.14. The van der Waals surface area contributed by atoms with E-state index in [0.29, 0.717) is 5.30 Å². The number of rotatable bonds is 1. The molecule has 0 heterocycles. The fraction of sp³-hybridized carbons (Fsp3) is 0.250. The molecule has 1 aromatic rings. The summed E-state index contributed by atoms with van der Waals surface area (Å²) in [5, 5.41) is 0.516. The lowest BCUT2D eigenvalue weighted by Gasteiger charge is -1.90. The second-order valence-electron chi connectivity index (χ2n) is 1.67. The van der Waals surface area contributed by atoms with E-state index in [1.54, 1.807) is 24.3 Å². The van der Waals surface area contributed by atoms with Gasteiger partial charge >= 0.3 is 0 Å². The standard InChI is InChI=1S/C6H7O2P.C2H6/c7-9(8)6-4-2-1-3-5-6;1-2/h1-5,9H,(H,7,8);1-2H3. The maximum Gasteiger partial charge on any atom is 0.218 e. The summed E-state index contributed by atoms with van der Waals surface area (Å²) in [4.78, 5) is 8.57. The predicted octanol–water partition coefficient (Wildman–Crippen LogP) is 1.81. The molecule has 0 spiro atoms. The first-order chi connectivity index (χ1) is 5.30. The SMILES string of the molecule is CC.O=[PH](O)c1ccccc1. The molecule has 0 aliphatic rings. The minimum absolute atomic E-state index is 0.516. The van der Waals surface area contributed by atoms with Gasteiger partial charge < -0.3 is 4.89 Å². The van der Waals surface area contributed by atoms with Gasteiger partial charge in [-0.3, -0.25) is 4.57 Å². The van der Waals surface area contributed by atoms with Crippen LogP contribution >= 0.6 is 8.03 Å². The Hall–Kier alpha value is -0.590. The summed E-state index contributed by atoms with van der Waals surface area (Å²) in [6, 6.07) is 8.58. The van der Waals surface area contributed by atoms with Gasteiger partial charge in [-0.1, -0.05) is 32.0 Å². The molecule has 1 rings (SSSR count). The van der Waals surface area contributed by atoms with E-state index in [4.69, 9.17) is 4.89 Å². The Morgan fingerprint density at radius 2 is 1.64 bits per heavy atom. The first-order valence-electron chi connectivity index (χ1n) is 3.59. The normalized spacial score (nSPS) is 11.2. The fourth-order valence-corrected chi connectivity index (χ4v) is 1.06. The van der Waals surface area contributed by atoms with Crippen LogP contribution in [0.1, 0.15) is 13.8 Å². The van der Waals surface area contributed by atoms with E-state index in [-0.39, 0.29) is 0 Å². The Morgan fingerprint density at radius 3 is 1.91 bits per heavy atom. The minimum atomic E-state index is -2.46. The van der Waals surface area contributed by atoms with Crippen LogP contribution in [-0.2, 0) is 4.57 Å². The van der Waals surface area contributed by atoms with Gasteiger partial charge in [0.2, 0.25) is 8.03 Å². The van der Waals surface area contributed by atoms with Gasteiger partial charge in [0.15, 0.2) is 0 Å². The molecule has 0 saturated heterocycles. The van der Waals surface area contributed by atoms with Crippen molar-refractivity contribution in [3.63, 3.8) is 0 Å². The number of hydrogen-bond acceptors (Lipinski definition) is 1. The zero-order valence-electron chi connectivity index (χ0n) is 6.74. The molecule has 1 atom stereocenters. The van der Waals surface area contributed by atoms with Crippen molar-refractivity contribution in [1.29, 1.82) is 0 Å². The third kappa shape index (κ3) is 3.97. The highest BCUT2D eigenvalue weighted by atomic mass is 31.1. The van der Waals surface area contributed by atoms with Crippen LogP contribution in [0.15, 0.2) is 30.3 Å². The number of benzene rings is 1. The molecule has 0 fully saturated rings. The van der Waals surface area contributed by atoms with E-state index in [1.165, 1.54) is 0 Å². The Labute approximate surface area is 67.8 Å². The van der Waals surface area contributed by atoms with Crippen LogP contribution in [0.5, 0.6) is 0 Å². The van der Waals surface area contributed by atoms with E-state index >= 15 is 0 Å². The molecular weight excluding hydrogens is 159 g/mol. The summed E-state index contributed by atoms with van der Waals surface area (Å²) in [5.41, 5.74) is 0. The van der Waals surface area contributed by atoms with Crippen LogP contribution in [-0.4, -0.2) is 4.89 Å². The van der Waals surface area contributed by atoms with Gasteiger partial charge in [0.25, 0.3) is 0 Å². The van der Waals surface area contributed by atoms with Gasteiger partial charge in [0.1, 0.15) is 0 Å². The second-order valence-corrected chi connectivity index (χ2v) is 2.86. The topological polar surface area (TPSA) is 37.3 Å². The quantitative estimate of drug-likeness (QED) is 0.656. The lowest BCUT2D eigenvalue weighted by molar-refractivity contribution is 0.513. The van der Waals surface area contributed by atoms with E-state index in [9.17, 15) is 4.57 Å². The van der Waals surface area contributed by atoms with Crippen LogP contribution < -0.4 is 5.30 Å². The highest BCUT2D eigenvalue weighted by Gasteiger charge is 1.92. The molecule has 2 nitrogen and oxygen atoms in total. The first kappa shape index (κ1) is 10.4. The Kier molecular flexibility index (Phi) is 5.81. The molecule has 0 aromatic heterocycles. The zero-order chi connectivity index (χ0) is 8.69. The highest BCUT2D eigenvalue weighted by Crippen LogP contribution is 2.10. The minimum Gasteiger partial charge on any atom is -0.343 e. The van der Waals surface area contributed by atoms with Gasteiger partial charge in [0.05, 0.1) is 0 Å².